The van der Waals surface area contributed by atoms with Gasteiger partial charge >= 0.3 is 0 Å². The van der Waals surface area contributed by atoms with Crippen LogP contribution in [0.2, 0.25) is 0 Å². The molecule has 1 atom stereocenters. The van der Waals surface area contributed by atoms with E-state index in [1.807, 2.05) is 25.9 Å². The molecule has 0 saturated heterocycles. The zero-order valence-electron chi connectivity index (χ0n) is 11.8. The molecule has 1 amide bonds. The number of amides is 1. The number of H-pyrrole nitrogens is 1. The summed E-state index contributed by atoms with van der Waals surface area (Å²) < 4.78 is 0. The maximum atomic E-state index is 11.7. The van der Waals surface area contributed by atoms with Gasteiger partial charge in [-0.25, -0.2) is 4.98 Å². The van der Waals surface area contributed by atoms with Crippen molar-refractivity contribution in [3.05, 3.63) is 22.1 Å². The minimum absolute atomic E-state index is 0.0301. The van der Waals surface area contributed by atoms with Gasteiger partial charge in [0.25, 0.3) is 5.56 Å². The summed E-state index contributed by atoms with van der Waals surface area (Å²) in [6.07, 6.45) is 0. The Hall–Kier alpha value is -1.89. The standard InChI is InChI=1S/C12H21N5O2/c1-8-7-10(18)16-12(15-8)14-6-5-13-11(19)9(2)17(3)4/h7,9H,5-6H2,1-4H3,(H,13,19)(H2,14,15,16,18)/t9-/m0/s1. The summed E-state index contributed by atoms with van der Waals surface area (Å²) in [6, 6.07) is 1.25. The SMILES string of the molecule is Cc1cc(=O)[nH]c(NCCNC(=O)[C@H](C)N(C)C)n1. The fourth-order valence-corrected chi connectivity index (χ4v) is 1.41. The summed E-state index contributed by atoms with van der Waals surface area (Å²) in [4.78, 5) is 31.4. The lowest BCUT2D eigenvalue weighted by molar-refractivity contribution is -0.124. The summed E-state index contributed by atoms with van der Waals surface area (Å²) in [6.45, 7) is 4.55. The molecule has 0 saturated carbocycles. The molecule has 3 N–H and O–H groups in total. The number of anilines is 1. The number of aromatic amines is 1. The van der Waals surface area contributed by atoms with Crippen LogP contribution in [0, 0.1) is 6.92 Å². The second-order valence-electron chi connectivity index (χ2n) is 4.59. The summed E-state index contributed by atoms with van der Waals surface area (Å²) in [5.74, 6) is 0.386. The van der Waals surface area contributed by atoms with Crippen molar-refractivity contribution in [1.82, 2.24) is 20.2 Å². The van der Waals surface area contributed by atoms with Crippen molar-refractivity contribution in [2.24, 2.45) is 0 Å². The fourth-order valence-electron chi connectivity index (χ4n) is 1.41. The van der Waals surface area contributed by atoms with E-state index in [2.05, 4.69) is 20.6 Å². The van der Waals surface area contributed by atoms with Crippen molar-refractivity contribution in [2.45, 2.75) is 19.9 Å². The highest BCUT2D eigenvalue weighted by atomic mass is 16.2. The van der Waals surface area contributed by atoms with Crippen molar-refractivity contribution in [1.29, 1.82) is 0 Å². The first kappa shape index (κ1) is 15.2. The molecule has 0 aliphatic heterocycles. The normalized spacial score (nSPS) is 12.3. The van der Waals surface area contributed by atoms with Crippen LogP contribution in [0.3, 0.4) is 0 Å². The van der Waals surface area contributed by atoms with Crippen LogP contribution < -0.4 is 16.2 Å². The summed E-state index contributed by atoms with van der Waals surface area (Å²) in [7, 11) is 3.70. The van der Waals surface area contributed by atoms with Gasteiger partial charge in [0, 0.05) is 24.8 Å². The summed E-state index contributed by atoms with van der Waals surface area (Å²) in [5.41, 5.74) is 0.455. The van der Waals surface area contributed by atoms with Crippen LogP contribution in [-0.4, -0.2) is 54.0 Å². The lowest BCUT2D eigenvalue weighted by atomic mass is 10.3. The molecule has 106 valence electrons. The van der Waals surface area contributed by atoms with Crippen molar-refractivity contribution in [2.75, 3.05) is 32.5 Å². The number of rotatable bonds is 6. The zero-order valence-corrected chi connectivity index (χ0v) is 11.8. The highest BCUT2D eigenvalue weighted by molar-refractivity contribution is 5.81. The van der Waals surface area contributed by atoms with Crippen LogP contribution >= 0.6 is 0 Å². The third-order valence-electron chi connectivity index (χ3n) is 2.74. The molecule has 0 aromatic carbocycles. The van der Waals surface area contributed by atoms with Crippen molar-refractivity contribution < 1.29 is 4.79 Å². The average molecular weight is 267 g/mol. The number of hydrogen-bond donors (Lipinski definition) is 3. The van der Waals surface area contributed by atoms with Gasteiger partial charge in [-0.2, -0.15) is 0 Å². The Kier molecular flexibility index (Phi) is 5.50. The number of hydrogen-bond acceptors (Lipinski definition) is 5. The molecule has 1 rings (SSSR count). The summed E-state index contributed by atoms with van der Waals surface area (Å²) in [5, 5.41) is 5.76. The molecular weight excluding hydrogens is 246 g/mol. The second kappa shape index (κ2) is 6.89. The minimum atomic E-state index is -0.194. The van der Waals surface area contributed by atoms with E-state index in [1.54, 1.807) is 6.92 Å². The average Bonchev–Trinajstić information content (AvgIpc) is 2.32. The maximum Gasteiger partial charge on any atom is 0.252 e. The molecule has 7 nitrogen and oxygen atoms in total. The van der Waals surface area contributed by atoms with Crippen molar-refractivity contribution >= 4 is 11.9 Å². The number of carbonyl (C=O) groups excluding carboxylic acids is 1. The molecule has 7 heteroatoms. The Bertz CT molecular complexity index is 483. The molecule has 0 fully saturated rings. The van der Waals surface area contributed by atoms with E-state index in [-0.39, 0.29) is 17.5 Å². The van der Waals surface area contributed by atoms with Gasteiger partial charge in [-0.1, -0.05) is 0 Å². The first-order valence-electron chi connectivity index (χ1n) is 6.16. The Labute approximate surface area is 112 Å². The van der Waals surface area contributed by atoms with Crippen LogP contribution in [0.4, 0.5) is 5.95 Å². The quantitative estimate of drug-likeness (QED) is 0.608. The van der Waals surface area contributed by atoms with Gasteiger partial charge < -0.3 is 10.6 Å². The number of aryl methyl sites for hydroxylation is 1. The fraction of sp³-hybridized carbons (Fsp3) is 0.583. The third kappa shape index (κ3) is 5.09. The van der Waals surface area contributed by atoms with E-state index in [9.17, 15) is 9.59 Å². The number of nitrogens with zero attached hydrogens (tertiary/aromatic N) is 2. The predicted molar refractivity (Wildman–Crippen MR) is 74.2 cm³/mol. The van der Waals surface area contributed by atoms with Crippen LogP contribution in [0.15, 0.2) is 10.9 Å². The number of carbonyl (C=O) groups is 1. The molecule has 1 aromatic heterocycles. The maximum absolute atomic E-state index is 11.7. The Morgan fingerprint density at radius 1 is 1.47 bits per heavy atom. The number of likely N-dealkylation sites (N-methyl/N-ethyl adjacent to an activating group) is 1. The molecule has 0 spiro atoms. The van der Waals surface area contributed by atoms with E-state index >= 15 is 0 Å². The molecule has 0 aliphatic carbocycles. The summed E-state index contributed by atoms with van der Waals surface area (Å²) >= 11 is 0. The largest absolute Gasteiger partial charge is 0.354 e. The van der Waals surface area contributed by atoms with E-state index in [0.29, 0.717) is 24.7 Å². The highest BCUT2D eigenvalue weighted by Crippen LogP contribution is 1.94. The van der Waals surface area contributed by atoms with Crippen LogP contribution in [-0.2, 0) is 4.79 Å². The molecule has 1 aromatic rings. The molecule has 0 radical (unpaired) electrons. The Balaban J connectivity index is 2.35. The molecule has 19 heavy (non-hydrogen) atoms. The van der Waals surface area contributed by atoms with Crippen LogP contribution in [0.1, 0.15) is 12.6 Å². The van der Waals surface area contributed by atoms with Gasteiger partial charge in [0.15, 0.2) is 0 Å². The minimum Gasteiger partial charge on any atom is -0.354 e. The first-order valence-corrected chi connectivity index (χ1v) is 6.16. The smallest absolute Gasteiger partial charge is 0.252 e. The predicted octanol–water partition coefficient (Wildman–Crippen LogP) is -0.443. The second-order valence-corrected chi connectivity index (χ2v) is 4.59. The Morgan fingerprint density at radius 2 is 2.16 bits per heavy atom. The van der Waals surface area contributed by atoms with Gasteiger partial charge in [-0.05, 0) is 27.9 Å². The van der Waals surface area contributed by atoms with E-state index in [0.717, 1.165) is 0 Å². The van der Waals surface area contributed by atoms with Gasteiger partial charge in [0.1, 0.15) is 0 Å². The van der Waals surface area contributed by atoms with Crippen molar-refractivity contribution in [3.8, 4) is 0 Å². The van der Waals surface area contributed by atoms with E-state index in [4.69, 9.17) is 0 Å². The Morgan fingerprint density at radius 3 is 2.74 bits per heavy atom. The van der Waals surface area contributed by atoms with Crippen LogP contribution in [0.5, 0.6) is 0 Å². The van der Waals surface area contributed by atoms with Gasteiger partial charge in [-0.15, -0.1) is 0 Å². The topological polar surface area (TPSA) is 90.1 Å². The lowest BCUT2D eigenvalue weighted by Crippen LogP contribution is -2.42. The number of nitrogens with one attached hydrogen (secondary N) is 3. The molecule has 1 heterocycles. The molecule has 0 aliphatic rings. The zero-order chi connectivity index (χ0) is 14.4. The van der Waals surface area contributed by atoms with Gasteiger partial charge in [0.2, 0.25) is 11.9 Å². The van der Waals surface area contributed by atoms with Crippen LogP contribution in [0.25, 0.3) is 0 Å². The molecular formula is C12H21N5O2. The van der Waals surface area contributed by atoms with Gasteiger partial charge in [0.05, 0.1) is 6.04 Å². The molecule has 0 bridgehead atoms. The number of aromatic nitrogens is 2. The molecule has 0 unspecified atom stereocenters. The van der Waals surface area contributed by atoms with Crippen molar-refractivity contribution in [3.63, 3.8) is 0 Å². The van der Waals surface area contributed by atoms with E-state index < -0.39 is 0 Å². The van der Waals surface area contributed by atoms with Gasteiger partial charge in [-0.3, -0.25) is 19.5 Å². The third-order valence-corrected chi connectivity index (χ3v) is 2.74. The highest BCUT2D eigenvalue weighted by Gasteiger charge is 2.13. The first-order chi connectivity index (χ1) is 8.90. The van der Waals surface area contributed by atoms with E-state index in [1.165, 1.54) is 6.07 Å². The lowest BCUT2D eigenvalue weighted by Gasteiger charge is -2.18. The monoisotopic (exact) mass is 267 g/mol.